The summed E-state index contributed by atoms with van der Waals surface area (Å²) in [6.07, 6.45) is 9.75. The Morgan fingerprint density at radius 1 is 0.952 bits per heavy atom. The molecule has 0 aliphatic rings. The van der Waals surface area contributed by atoms with E-state index in [-0.39, 0.29) is 0 Å². The van der Waals surface area contributed by atoms with Crippen LogP contribution < -0.4 is 8.58 Å². The first-order valence-electron chi connectivity index (χ1n) is 8.60. The second kappa shape index (κ2) is 10.4. The normalized spacial score (nSPS) is 11.6. The number of aromatic nitrogens is 2. The summed E-state index contributed by atoms with van der Waals surface area (Å²) >= 11 is -2.47. The summed E-state index contributed by atoms with van der Waals surface area (Å²) in [7, 11) is 1.70. The predicted octanol–water partition coefficient (Wildman–Crippen LogP) is 4.54. The van der Waals surface area contributed by atoms with E-state index in [1.807, 2.05) is 12.3 Å². The van der Waals surface area contributed by atoms with E-state index in [9.17, 15) is 0 Å². The van der Waals surface area contributed by atoms with Crippen LogP contribution in [0.25, 0.3) is 0 Å². The first-order chi connectivity index (χ1) is 10.2. The van der Waals surface area contributed by atoms with E-state index in [1.54, 1.807) is 7.11 Å². The van der Waals surface area contributed by atoms with E-state index in [0.717, 1.165) is 5.88 Å². The zero-order chi connectivity index (χ0) is 15.6. The molecule has 1 aromatic rings. The average molecular weight is 399 g/mol. The second-order valence-electron chi connectivity index (χ2n) is 6.01. The fourth-order valence-electron chi connectivity index (χ4n) is 2.97. The van der Waals surface area contributed by atoms with Gasteiger partial charge in [0.1, 0.15) is 0 Å². The monoisotopic (exact) mass is 400 g/mol. The van der Waals surface area contributed by atoms with Gasteiger partial charge in [-0.15, -0.1) is 0 Å². The summed E-state index contributed by atoms with van der Waals surface area (Å²) in [6, 6.07) is 1.87. The minimum absolute atomic E-state index is 0.741. The Morgan fingerprint density at radius 3 is 1.90 bits per heavy atom. The molecule has 1 aromatic heterocycles. The van der Waals surface area contributed by atoms with Crippen LogP contribution in [0.4, 0.5) is 0 Å². The van der Waals surface area contributed by atoms with Gasteiger partial charge in [0.2, 0.25) is 0 Å². The third kappa shape index (κ3) is 5.76. The molecule has 0 saturated heterocycles. The average Bonchev–Trinajstić information content (AvgIpc) is 2.54. The van der Waals surface area contributed by atoms with Crippen molar-refractivity contribution in [3.05, 3.63) is 12.3 Å². The van der Waals surface area contributed by atoms with E-state index in [1.165, 1.54) is 55.7 Å². The zero-order valence-corrected chi connectivity index (χ0v) is 17.2. The molecule has 21 heavy (non-hydrogen) atoms. The SMILES string of the molecule is CCC[CH2][Sn]([CH2]CCC)([CH2]CCC)[c]1nccc(OC)n1. The molecule has 0 N–H and O–H groups in total. The van der Waals surface area contributed by atoms with Gasteiger partial charge in [0.05, 0.1) is 0 Å². The van der Waals surface area contributed by atoms with E-state index in [2.05, 4.69) is 20.8 Å². The van der Waals surface area contributed by atoms with E-state index < -0.39 is 18.4 Å². The van der Waals surface area contributed by atoms with E-state index >= 15 is 0 Å². The maximum absolute atomic E-state index is 5.35. The number of methoxy groups -OCH3 is 1. The molecule has 0 radical (unpaired) electrons. The Kier molecular flexibility index (Phi) is 9.29. The summed E-state index contributed by atoms with van der Waals surface area (Å²) in [5.41, 5.74) is 0. The van der Waals surface area contributed by atoms with Gasteiger partial charge >= 0.3 is 135 Å². The molecule has 0 spiro atoms. The molecule has 0 bridgehead atoms. The van der Waals surface area contributed by atoms with Gasteiger partial charge in [-0.1, -0.05) is 0 Å². The summed E-state index contributed by atoms with van der Waals surface area (Å²) in [4.78, 5) is 9.50. The van der Waals surface area contributed by atoms with Crippen LogP contribution in [-0.4, -0.2) is 35.5 Å². The number of ether oxygens (including phenoxy) is 1. The van der Waals surface area contributed by atoms with Crippen molar-refractivity contribution in [1.29, 1.82) is 0 Å². The Hall–Kier alpha value is -0.321. The third-order valence-corrected chi connectivity index (χ3v) is 19.0. The van der Waals surface area contributed by atoms with Crippen LogP contribution in [0.3, 0.4) is 0 Å². The molecule has 1 rings (SSSR count). The van der Waals surface area contributed by atoms with Crippen molar-refractivity contribution in [3.8, 4) is 5.88 Å². The van der Waals surface area contributed by atoms with Gasteiger partial charge in [-0.25, -0.2) is 0 Å². The van der Waals surface area contributed by atoms with Gasteiger partial charge < -0.3 is 0 Å². The van der Waals surface area contributed by atoms with Crippen LogP contribution >= 0.6 is 0 Å². The number of unbranched alkanes of at least 4 members (excludes halogenated alkanes) is 3. The quantitative estimate of drug-likeness (QED) is 0.513. The van der Waals surface area contributed by atoms with Crippen LogP contribution in [0.1, 0.15) is 59.3 Å². The van der Waals surface area contributed by atoms with Gasteiger partial charge in [0.15, 0.2) is 0 Å². The molecule has 1 heterocycles. The fourth-order valence-corrected chi connectivity index (χ4v) is 17.8. The Morgan fingerprint density at radius 2 is 1.48 bits per heavy atom. The van der Waals surface area contributed by atoms with Gasteiger partial charge in [-0.2, -0.15) is 0 Å². The summed E-state index contributed by atoms with van der Waals surface area (Å²) in [6.45, 7) is 6.88. The first-order valence-corrected chi connectivity index (χ1v) is 16.1. The molecule has 0 aliphatic carbocycles. The molecule has 0 aromatic carbocycles. The topological polar surface area (TPSA) is 35.0 Å². The Bertz CT molecular complexity index is 376. The molecule has 0 unspecified atom stereocenters. The maximum atomic E-state index is 5.35. The van der Waals surface area contributed by atoms with Crippen LogP contribution in [0.15, 0.2) is 12.3 Å². The van der Waals surface area contributed by atoms with Crippen molar-refractivity contribution in [1.82, 2.24) is 9.97 Å². The van der Waals surface area contributed by atoms with E-state index in [0.29, 0.717) is 0 Å². The third-order valence-electron chi connectivity index (χ3n) is 4.34. The number of nitrogens with zero attached hydrogens (tertiary/aromatic N) is 2. The van der Waals surface area contributed by atoms with Crippen LogP contribution in [0, 0.1) is 0 Å². The first kappa shape index (κ1) is 18.7. The van der Waals surface area contributed by atoms with Crippen molar-refractivity contribution in [2.75, 3.05) is 7.11 Å². The van der Waals surface area contributed by atoms with E-state index in [4.69, 9.17) is 14.7 Å². The van der Waals surface area contributed by atoms with Crippen molar-refractivity contribution >= 4 is 22.2 Å². The van der Waals surface area contributed by atoms with Crippen molar-refractivity contribution in [2.24, 2.45) is 0 Å². The molecule has 4 heteroatoms. The molecule has 0 atom stereocenters. The molecule has 0 amide bonds. The molecule has 0 aliphatic heterocycles. The molecular formula is C17H32N2OSn. The zero-order valence-electron chi connectivity index (χ0n) is 14.3. The van der Waals surface area contributed by atoms with Crippen LogP contribution in [0.2, 0.25) is 13.3 Å². The second-order valence-corrected chi connectivity index (χ2v) is 18.9. The predicted molar refractivity (Wildman–Crippen MR) is 93.1 cm³/mol. The molecule has 0 fully saturated rings. The Balaban J connectivity index is 3.09. The van der Waals surface area contributed by atoms with Gasteiger partial charge in [-0.3, -0.25) is 0 Å². The van der Waals surface area contributed by atoms with Crippen molar-refractivity contribution in [3.63, 3.8) is 0 Å². The van der Waals surface area contributed by atoms with Crippen molar-refractivity contribution in [2.45, 2.75) is 72.6 Å². The van der Waals surface area contributed by atoms with Gasteiger partial charge in [0.25, 0.3) is 0 Å². The molecule has 120 valence electrons. The summed E-state index contributed by atoms with van der Waals surface area (Å²) in [5.74, 6) is 0.741. The summed E-state index contributed by atoms with van der Waals surface area (Å²) in [5, 5.41) is 0. The fraction of sp³-hybridized carbons (Fsp3) is 0.765. The van der Waals surface area contributed by atoms with Gasteiger partial charge in [0, 0.05) is 0 Å². The molecular weight excluding hydrogens is 367 g/mol. The standard InChI is InChI=1S/C5H5N2O.3C4H9.Sn/c1-8-5-2-3-6-4-7-5;3*1-3-4-2;/h2-3H,1H3;3*1,3-4H2,2H3;. The van der Waals surface area contributed by atoms with Crippen molar-refractivity contribution < 1.29 is 4.74 Å². The number of rotatable bonds is 11. The van der Waals surface area contributed by atoms with Crippen LogP contribution in [-0.2, 0) is 0 Å². The number of hydrogen-bond donors (Lipinski definition) is 0. The summed E-state index contributed by atoms with van der Waals surface area (Å²) < 4.78 is 10.8. The molecule has 3 nitrogen and oxygen atoms in total. The van der Waals surface area contributed by atoms with Gasteiger partial charge in [-0.05, 0) is 0 Å². The number of hydrogen-bond acceptors (Lipinski definition) is 3. The van der Waals surface area contributed by atoms with Crippen LogP contribution in [0.5, 0.6) is 5.88 Å². The minimum atomic E-state index is -2.47. The molecule has 0 saturated carbocycles. The Labute approximate surface area is 134 Å².